The molecule has 1 aliphatic rings. The summed E-state index contributed by atoms with van der Waals surface area (Å²) < 4.78 is 28.7. The van der Waals surface area contributed by atoms with Crippen molar-refractivity contribution in [1.82, 2.24) is 24.2 Å². The van der Waals surface area contributed by atoms with E-state index in [2.05, 4.69) is 33.8 Å². The van der Waals surface area contributed by atoms with E-state index in [1.54, 1.807) is 4.31 Å². The Morgan fingerprint density at radius 3 is 2.70 bits per heavy atom. The fourth-order valence-corrected chi connectivity index (χ4v) is 4.19. The first-order valence-electron chi connectivity index (χ1n) is 7.06. The van der Waals surface area contributed by atoms with Gasteiger partial charge < -0.3 is 0 Å². The van der Waals surface area contributed by atoms with Crippen molar-refractivity contribution in [3.63, 3.8) is 0 Å². The molecule has 0 aliphatic carbocycles. The Labute approximate surface area is 120 Å². The summed E-state index contributed by atoms with van der Waals surface area (Å²) in [6, 6.07) is 0. The van der Waals surface area contributed by atoms with Crippen molar-refractivity contribution in [2.75, 3.05) is 19.6 Å². The lowest BCUT2D eigenvalue weighted by molar-refractivity contribution is 0.220. The van der Waals surface area contributed by atoms with Crippen molar-refractivity contribution < 1.29 is 8.42 Å². The van der Waals surface area contributed by atoms with Crippen LogP contribution in [0.5, 0.6) is 0 Å². The number of H-pyrrole nitrogens is 1. The second-order valence-electron chi connectivity index (χ2n) is 5.70. The fourth-order valence-electron chi connectivity index (χ4n) is 2.70. The predicted octanol–water partition coefficient (Wildman–Crippen LogP) is 0.550. The van der Waals surface area contributed by atoms with Gasteiger partial charge in [0.25, 0.3) is 10.2 Å². The largest absolute Gasteiger partial charge is 0.279 e. The third kappa shape index (κ3) is 4.26. The maximum Gasteiger partial charge on any atom is 0.279 e. The molecule has 7 nitrogen and oxygen atoms in total. The maximum absolute atomic E-state index is 12.2. The van der Waals surface area contributed by atoms with Crippen LogP contribution in [0.1, 0.15) is 32.5 Å². The Hall–Kier alpha value is -0.990. The highest BCUT2D eigenvalue weighted by molar-refractivity contribution is 7.87. The van der Waals surface area contributed by atoms with Gasteiger partial charge in [-0.1, -0.05) is 13.8 Å². The van der Waals surface area contributed by atoms with Gasteiger partial charge in [-0.25, -0.2) is 9.71 Å². The van der Waals surface area contributed by atoms with Crippen molar-refractivity contribution >= 4 is 10.2 Å². The molecule has 1 aromatic rings. The molecule has 114 valence electrons. The lowest BCUT2D eigenvalue weighted by atomic mass is 9.94. The van der Waals surface area contributed by atoms with Gasteiger partial charge in [0.15, 0.2) is 0 Å². The standard InChI is InChI=1S/C12H23N5O2S/c1-10-6-11(2)8-17(7-10)20(18,19)15-5-3-4-12-13-9-14-16-12/h9-11,15H,3-8H2,1-2H3,(H,13,14,16). The highest BCUT2D eigenvalue weighted by atomic mass is 32.2. The molecule has 2 N–H and O–H groups in total. The summed E-state index contributed by atoms with van der Waals surface area (Å²) in [5.74, 6) is 1.62. The molecule has 8 heteroatoms. The van der Waals surface area contributed by atoms with Gasteiger partial charge in [0.1, 0.15) is 12.2 Å². The van der Waals surface area contributed by atoms with E-state index in [1.807, 2.05) is 0 Å². The zero-order valence-corrected chi connectivity index (χ0v) is 12.9. The molecule has 1 aliphatic heterocycles. The Morgan fingerprint density at radius 1 is 1.40 bits per heavy atom. The van der Waals surface area contributed by atoms with Gasteiger partial charge in [-0.3, -0.25) is 5.10 Å². The number of nitrogens with one attached hydrogen (secondary N) is 2. The normalized spacial score (nSPS) is 24.9. The van der Waals surface area contributed by atoms with E-state index in [0.29, 0.717) is 44.3 Å². The van der Waals surface area contributed by atoms with Crippen LogP contribution in [0.3, 0.4) is 0 Å². The molecule has 2 heterocycles. The second kappa shape index (κ2) is 6.64. The lowest BCUT2D eigenvalue weighted by Crippen LogP contribution is -2.48. The van der Waals surface area contributed by atoms with Crippen LogP contribution in [0.2, 0.25) is 0 Å². The van der Waals surface area contributed by atoms with E-state index in [-0.39, 0.29) is 0 Å². The predicted molar refractivity (Wildman–Crippen MR) is 76.1 cm³/mol. The molecule has 0 amide bonds. The molecule has 0 spiro atoms. The molecule has 20 heavy (non-hydrogen) atoms. The van der Waals surface area contributed by atoms with Crippen molar-refractivity contribution in [3.8, 4) is 0 Å². The summed E-state index contributed by atoms with van der Waals surface area (Å²) in [4.78, 5) is 4.01. The maximum atomic E-state index is 12.2. The number of aryl methyl sites for hydroxylation is 1. The molecule has 0 aromatic carbocycles. The van der Waals surface area contributed by atoms with Crippen molar-refractivity contribution in [3.05, 3.63) is 12.2 Å². The first kappa shape index (κ1) is 15.4. The fraction of sp³-hybridized carbons (Fsp3) is 0.833. The monoisotopic (exact) mass is 301 g/mol. The molecule has 2 rings (SSSR count). The van der Waals surface area contributed by atoms with Crippen LogP contribution in [-0.4, -0.2) is 47.5 Å². The van der Waals surface area contributed by atoms with Gasteiger partial charge in [-0.05, 0) is 24.7 Å². The molecular weight excluding hydrogens is 278 g/mol. The summed E-state index contributed by atoms with van der Waals surface area (Å²) in [5.41, 5.74) is 0. The second-order valence-corrected chi connectivity index (χ2v) is 7.45. The Bertz CT molecular complexity index is 492. The van der Waals surface area contributed by atoms with Gasteiger partial charge in [-0.2, -0.15) is 17.8 Å². The number of rotatable bonds is 6. The third-order valence-corrected chi connectivity index (χ3v) is 5.06. The highest BCUT2D eigenvalue weighted by Crippen LogP contribution is 2.22. The van der Waals surface area contributed by atoms with Crippen LogP contribution < -0.4 is 4.72 Å². The molecule has 2 atom stereocenters. The van der Waals surface area contributed by atoms with Gasteiger partial charge in [0, 0.05) is 26.1 Å². The Balaban J connectivity index is 1.78. The highest BCUT2D eigenvalue weighted by Gasteiger charge is 2.29. The first-order chi connectivity index (χ1) is 9.47. The zero-order valence-electron chi connectivity index (χ0n) is 12.0. The van der Waals surface area contributed by atoms with E-state index < -0.39 is 10.2 Å². The number of nitrogens with zero attached hydrogens (tertiary/aromatic N) is 3. The Kier molecular flexibility index (Phi) is 5.11. The van der Waals surface area contributed by atoms with Crippen LogP contribution in [-0.2, 0) is 16.6 Å². The number of aromatic nitrogens is 3. The summed E-state index contributed by atoms with van der Waals surface area (Å²) in [6.07, 6.45) is 3.94. The van der Waals surface area contributed by atoms with Crippen LogP contribution >= 0.6 is 0 Å². The van der Waals surface area contributed by atoms with Gasteiger partial charge in [-0.15, -0.1) is 0 Å². The van der Waals surface area contributed by atoms with Crippen molar-refractivity contribution in [2.45, 2.75) is 33.1 Å². The van der Waals surface area contributed by atoms with Gasteiger partial charge >= 0.3 is 0 Å². The summed E-state index contributed by atoms with van der Waals surface area (Å²) in [7, 11) is -3.35. The van der Waals surface area contributed by atoms with Crippen molar-refractivity contribution in [2.24, 2.45) is 11.8 Å². The molecular formula is C12H23N5O2S. The van der Waals surface area contributed by atoms with E-state index in [0.717, 1.165) is 12.2 Å². The first-order valence-corrected chi connectivity index (χ1v) is 8.50. The van der Waals surface area contributed by atoms with Crippen molar-refractivity contribution in [1.29, 1.82) is 0 Å². The topological polar surface area (TPSA) is 91.0 Å². The molecule has 0 bridgehead atoms. The summed E-state index contributed by atoms with van der Waals surface area (Å²) >= 11 is 0. The molecule has 1 aromatic heterocycles. The minimum Gasteiger partial charge on any atom is -0.263 e. The summed E-state index contributed by atoms with van der Waals surface area (Å²) in [5, 5.41) is 6.52. The average molecular weight is 301 g/mol. The van der Waals surface area contributed by atoms with Crippen LogP contribution in [0.15, 0.2) is 6.33 Å². The smallest absolute Gasteiger partial charge is 0.263 e. The van der Waals surface area contributed by atoms with Crippen LogP contribution in [0, 0.1) is 11.8 Å². The SMILES string of the molecule is CC1CC(C)CN(S(=O)(=O)NCCCc2ncn[nH]2)C1. The number of hydrogen-bond acceptors (Lipinski definition) is 4. The minimum atomic E-state index is -3.35. The minimum absolute atomic E-state index is 0.419. The number of aromatic amines is 1. The molecule has 2 unspecified atom stereocenters. The average Bonchev–Trinajstić information content (AvgIpc) is 2.86. The van der Waals surface area contributed by atoms with E-state index in [1.165, 1.54) is 6.33 Å². The van der Waals surface area contributed by atoms with E-state index in [4.69, 9.17) is 0 Å². The van der Waals surface area contributed by atoms with Gasteiger partial charge in [0.2, 0.25) is 0 Å². The van der Waals surface area contributed by atoms with Crippen LogP contribution in [0.25, 0.3) is 0 Å². The molecule has 1 saturated heterocycles. The van der Waals surface area contributed by atoms with E-state index >= 15 is 0 Å². The van der Waals surface area contributed by atoms with Gasteiger partial charge in [0.05, 0.1) is 0 Å². The Morgan fingerprint density at radius 2 is 2.10 bits per heavy atom. The third-order valence-electron chi connectivity index (χ3n) is 3.52. The molecule has 0 saturated carbocycles. The number of piperidine rings is 1. The molecule has 1 fully saturated rings. The quantitative estimate of drug-likeness (QED) is 0.751. The summed E-state index contributed by atoms with van der Waals surface area (Å²) in [6.45, 7) is 5.84. The van der Waals surface area contributed by atoms with E-state index in [9.17, 15) is 8.42 Å². The number of hydrogen-bond donors (Lipinski definition) is 2. The molecule has 0 radical (unpaired) electrons. The van der Waals surface area contributed by atoms with Crippen LogP contribution in [0.4, 0.5) is 0 Å². The lowest BCUT2D eigenvalue weighted by Gasteiger charge is -2.33. The zero-order chi connectivity index (χ0) is 14.6.